The molecule has 3 rings (SSSR count). The zero-order valence-electron chi connectivity index (χ0n) is 11.7. The van der Waals surface area contributed by atoms with Gasteiger partial charge < -0.3 is 0 Å². The van der Waals surface area contributed by atoms with Crippen LogP contribution in [0.25, 0.3) is 0 Å². The van der Waals surface area contributed by atoms with Crippen LogP contribution in [0, 0.1) is 0 Å². The van der Waals surface area contributed by atoms with Gasteiger partial charge in [-0.25, -0.2) is 8.42 Å². The van der Waals surface area contributed by atoms with Gasteiger partial charge in [-0.15, -0.1) is 11.8 Å². The molecule has 0 amide bonds. The fraction of sp³-hybridized carbons (Fsp3) is 0.200. The van der Waals surface area contributed by atoms with E-state index in [2.05, 4.69) is 0 Å². The summed E-state index contributed by atoms with van der Waals surface area (Å²) in [5.74, 6) is 0.705. The van der Waals surface area contributed by atoms with Crippen molar-refractivity contribution < 1.29 is 8.42 Å². The van der Waals surface area contributed by atoms with Crippen molar-refractivity contribution in [1.82, 2.24) is 4.31 Å². The van der Waals surface area contributed by atoms with E-state index in [4.69, 9.17) is 34.8 Å². The number of nitrogens with zero attached hydrogens (tertiary/aromatic N) is 1. The predicted octanol–water partition coefficient (Wildman–Crippen LogP) is 5.08. The first-order valence-corrected chi connectivity index (χ1v) is 10.4. The summed E-state index contributed by atoms with van der Waals surface area (Å²) in [5, 5.41) is 0.752. The average Bonchev–Trinajstić information content (AvgIpc) is 3.00. The van der Waals surface area contributed by atoms with E-state index >= 15 is 0 Å². The van der Waals surface area contributed by atoms with Crippen LogP contribution in [-0.4, -0.2) is 25.0 Å². The van der Waals surface area contributed by atoms with E-state index in [-0.39, 0.29) is 15.3 Å². The monoisotopic (exact) mass is 407 g/mol. The van der Waals surface area contributed by atoms with Crippen molar-refractivity contribution in [2.75, 3.05) is 12.3 Å². The molecule has 1 aliphatic heterocycles. The summed E-state index contributed by atoms with van der Waals surface area (Å²) in [5.41, 5.74) is 0.792. The predicted molar refractivity (Wildman–Crippen MR) is 97.0 cm³/mol. The van der Waals surface area contributed by atoms with Crippen molar-refractivity contribution in [2.24, 2.45) is 0 Å². The molecule has 0 saturated carbocycles. The summed E-state index contributed by atoms with van der Waals surface area (Å²) >= 11 is 19.6. The Balaban J connectivity index is 2.01. The molecule has 2 aromatic rings. The maximum Gasteiger partial charge on any atom is 0.244 e. The molecule has 0 radical (unpaired) electrons. The zero-order chi connectivity index (χ0) is 16.6. The van der Waals surface area contributed by atoms with Crippen LogP contribution in [0.4, 0.5) is 0 Å². The molecular formula is C15H12Cl3NO2S2. The maximum atomic E-state index is 13.0. The molecule has 23 heavy (non-hydrogen) atoms. The molecule has 3 nitrogen and oxygen atoms in total. The molecule has 0 bridgehead atoms. The number of thioether (sulfide) groups is 1. The van der Waals surface area contributed by atoms with Crippen LogP contribution < -0.4 is 0 Å². The summed E-state index contributed by atoms with van der Waals surface area (Å²) in [4.78, 5) is 0.131. The third-order valence-corrected chi connectivity index (χ3v) is 7.84. The Morgan fingerprint density at radius 3 is 2.43 bits per heavy atom. The molecule has 0 aliphatic carbocycles. The van der Waals surface area contributed by atoms with Gasteiger partial charge in [-0.3, -0.25) is 0 Å². The van der Waals surface area contributed by atoms with Gasteiger partial charge in [0.2, 0.25) is 10.0 Å². The Hall–Kier alpha value is -0.430. The van der Waals surface area contributed by atoms with Gasteiger partial charge in [0.1, 0.15) is 0 Å². The lowest BCUT2D eigenvalue weighted by molar-refractivity contribution is 0.434. The normalized spacial score (nSPS) is 19.2. The van der Waals surface area contributed by atoms with Gasteiger partial charge >= 0.3 is 0 Å². The van der Waals surface area contributed by atoms with Gasteiger partial charge in [0.15, 0.2) is 0 Å². The molecule has 8 heteroatoms. The fourth-order valence-electron chi connectivity index (χ4n) is 2.39. The van der Waals surface area contributed by atoms with Crippen LogP contribution in [0.2, 0.25) is 15.1 Å². The van der Waals surface area contributed by atoms with Gasteiger partial charge in [0.05, 0.1) is 20.3 Å². The van der Waals surface area contributed by atoms with Crippen molar-refractivity contribution in [3.63, 3.8) is 0 Å². The second-order valence-electron chi connectivity index (χ2n) is 4.94. The molecule has 1 atom stereocenters. The molecule has 0 N–H and O–H groups in total. The SMILES string of the molecule is O=S(=O)(c1ccc(Cl)c(Cl)c1)N1CCS[C@@H]1c1ccccc1Cl. The van der Waals surface area contributed by atoms with Crippen molar-refractivity contribution in [1.29, 1.82) is 0 Å². The summed E-state index contributed by atoms with van der Waals surface area (Å²) < 4.78 is 27.4. The number of hydrogen-bond acceptors (Lipinski definition) is 3. The first-order valence-electron chi connectivity index (χ1n) is 6.74. The van der Waals surface area contributed by atoms with Crippen molar-refractivity contribution in [3.05, 3.63) is 63.1 Å². The number of benzene rings is 2. The van der Waals surface area contributed by atoms with E-state index in [1.54, 1.807) is 17.8 Å². The fourth-order valence-corrected chi connectivity index (χ4v) is 6.36. The van der Waals surface area contributed by atoms with Crippen LogP contribution in [0.5, 0.6) is 0 Å². The van der Waals surface area contributed by atoms with Gasteiger partial charge in [-0.1, -0.05) is 53.0 Å². The molecule has 1 aliphatic rings. The van der Waals surface area contributed by atoms with Crippen molar-refractivity contribution >= 4 is 56.6 Å². The highest BCUT2D eigenvalue weighted by molar-refractivity contribution is 8.01. The molecule has 2 aromatic carbocycles. The van der Waals surface area contributed by atoms with E-state index in [0.717, 1.165) is 5.56 Å². The highest BCUT2D eigenvalue weighted by atomic mass is 35.5. The first-order chi connectivity index (χ1) is 10.9. The maximum absolute atomic E-state index is 13.0. The van der Waals surface area contributed by atoms with Crippen molar-refractivity contribution in [3.8, 4) is 0 Å². The minimum Gasteiger partial charge on any atom is -0.207 e. The number of rotatable bonds is 3. The summed E-state index contributed by atoms with van der Waals surface area (Å²) in [6.45, 7) is 0.420. The first kappa shape index (κ1) is 17.4. The number of halogens is 3. The second kappa shape index (κ2) is 6.82. The number of hydrogen-bond donors (Lipinski definition) is 0. The van der Waals surface area contributed by atoms with Crippen molar-refractivity contribution in [2.45, 2.75) is 10.3 Å². The van der Waals surface area contributed by atoms with E-state index in [0.29, 0.717) is 22.3 Å². The summed E-state index contributed by atoms with van der Waals surface area (Å²) in [7, 11) is -3.68. The van der Waals surface area contributed by atoms with Gasteiger partial charge in [0.25, 0.3) is 0 Å². The molecule has 0 aromatic heterocycles. The van der Waals surface area contributed by atoms with Crippen LogP contribution in [-0.2, 0) is 10.0 Å². The number of sulfonamides is 1. The van der Waals surface area contributed by atoms with Gasteiger partial charge in [-0.2, -0.15) is 4.31 Å². The molecule has 0 unspecified atom stereocenters. The Kier molecular flexibility index (Phi) is 5.16. The lowest BCUT2D eigenvalue weighted by Gasteiger charge is -2.24. The standard InChI is InChI=1S/C15H12Cl3NO2S2/c16-12-4-2-1-3-11(12)15-19(7-8-22-15)23(20,21)10-5-6-13(17)14(18)9-10/h1-6,9,15H,7-8H2/t15-/m1/s1. The van der Waals surface area contributed by atoms with Crippen LogP contribution in [0.3, 0.4) is 0 Å². The highest BCUT2D eigenvalue weighted by Gasteiger charge is 2.37. The Bertz CT molecular complexity index is 842. The third-order valence-electron chi connectivity index (χ3n) is 3.52. The molecule has 0 spiro atoms. The van der Waals surface area contributed by atoms with E-state index in [1.165, 1.54) is 22.5 Å². The third kappa shape index (κ3) is 3.36. The van der Waals surface area contributed by atoms with Gasteiger partial charge in [-0.05, 0) is 29.8 Å². The second-order valence-corrected chi connectivity index (χ2v) is 9.24. The van der Waals surface area contributed by atoms with Crippen LogP contribution in [0.1, 0.15) is 10.9 Å². The molecular weight excluding hydrogens is 397 g/mol. The minimum atomic E-state index is -3.68. The topological polar surface area (TPSA) is 37.4 Å². The Morgan fingerprint density at radius 2 is 1.74 bits per heavy atom. The largest absolute Gasteiger partial charge is 0.244 e. The van der Waals surface area contributed by atoms with Crippen LogP contribution >= 0.6 is 46.6 Å². The quantitative estimate of drug-likeness (QED) is 0.710. The molecule has 1 heterocycles. The zero-order valence-corrected chi connectivity index (χ0v) is 15.6. The highest BCUT2D eigenvalue weighted by Crippen LogP contribution is 2.44. The van der Waals surface area contributed by atoms with E-state index in [1.807, 2.05) is 18.2 Å². The Morgan fingerprint density at radius 1 is 1.00 bits per heavy atom. The molecule has 122 valence electrons. The molecule has 1 saturated heterocycles. The van der Waals surface area contributed by atoms with Gasteiger partial charge in [0, 0.05) is 17.3 Å². The van der Waals surface area contributed by atoms with Crippen LogP contribution in [0.15, 0.2) is 47.4 Å². The minimum absolute atomic E-state index is 0.131. The van der Waals surface area contributed by atoms with E-state index in [9.17, 15) is 8.42 Å². The summed E-state index contributed by atoms with van der Waals surface area (Å²) in [6, 6.07) is 11.6. The van der Waals surface area contributed by atoms with E-state index < -0.39 is 10.0 Å². The Labute approximate surface area is 154 Å². The molecule has 1 fully saturated rings. The summed E-state index contributed by atoms with van der Waals surface area (Å²) in [6.07, 6.45) is 0. The average molecular weight is 409 g/mol. The lowest BCUT2D eigenvalue weighted by Crippen LogP contribution is -2.30. The lowest BCUT2D eigenvalue weighted by atomic mass is 10.2. The smallest absolute Gasteiger partial charge is 0.207 e.